The summed E-state index contributed by atoms with van der Waals surface area (Å²) in [5.41, 5.74) is 1.74. The lowest BCUT2D eigenvalue weighted by molar-refractivity contribution is -0.118. The average Bonchev–Trinajstić information content (AvgIpc) is 2.73. The second-order valence-corrected chi connectivity index (χ2v) is 7.76. The van der Waals surface area contributed by atoms with Gasteiger partial charge in [-0.2, -0.15) is 0 Å². The molecule has 1 fully saturated rings. The van der Waals surface area contributed by atoms with Crippen molar-refractivity contribution in [3.8, 4) is 0 Å². The Morgan fingerprint density at radius 3 is 2.24 bits per heavy atom. The molecule has 0 unspecified atom stereocenters. The van der Waals surface area contributed by atoms with Crippen LogP contribution in [-0.2, 0) is 4.79 Å². The van der Waals surface area contributed by atoms with Crippen LogP contribution in [0.4, 0.5) is 15.8 Å². The maximum Gasteiger partial charge on any atom is 0.254 e. The first-order valence-electron chi connectivity index (χ1n) is 10.2. The van der Waals surface area contributed by atoms with E-state index in [1.54, 1.807) is 6.07 Å². The minimum Gasteiger partial charge on any atom is -0.372 e. The average molecular weight is 397 g/mol. The summed E-state index contributed by atoms with van der Waals surface area (Å²) >= 11 is 0. The molecule has 0 bridgehead atoms. The number of carbonyl (C=O) groups is 2. The molecule has 5 nitrogen and oxygen atoms in total. The number of benzene rings is 2. The highest BCUT2D eigenvalue weighted by atomic mass is 19.1. The number of nitrogens with zero attached hydrogens (tertiary/aromatic N) is 1. The summed E-state index contributed by atoms with van der Waals surface area (Å²) in [6.45, 7) is 5.79. The lowest BCUT2D eigenvalue weighted by Crippen LogP contribution is -2.47. The van der Waals surface area contributed by atoms with Gasteiger partial charge in [-0.15, -0.1) is 0 Å². The van der Waals surface area contributed by atoms with Gasteiger partial charge >= 0.3 is 0 Å². The van der Waals surface area contributed by atoms with E-state index in [0.717, 1.165) is 18.8 Å². The van der Waals surface area contributed by atoms with Gasteiger partial charge in [-0.05, 0) is 61.6 Å². The van der Waals surface area contributed by atoms with Gasteiger partial charge in [0.15, 0.2) is 0 Å². The molecular formula is C23H28FN3O2. The van der Waals surface area contributed by atoms with Crippen molar-refractivity contribution >= 4 is 23.2 Å². The number of piperidine rings is 1. The summed E-state index contributed by atoms with van der Waals surface area (Å²) in [6, 6.07) is 12.7. The fraction of sp³-hybridized carbons (Fsp3) is 0.391. The van der Waals surface area contributed by atoms with Crippen molar-refractivity contribution < 1.29 is 14.0 Å². The molecule has 0 spiro atoms. The Balaban J connectivity index is 1.65. The van der Waals surface area contributed by atoms with Gasteiger partial charge in [0.2, 0.25) is 5.91 Å². The maximum absolute atomic E-state index is 13.9. The number of anilines is 2. The van der Waals surface area contributed by atoms with Gasteiger partial charge in [0.25, 0.3) is 5.91 Å². The van der Waals surface area contributed by atoms with Gasteiger partial charge in [-0.1, -0.05) is 26.0 Å². The Hall–Kier alpha value is -2.89. The molecule has 2 aromatic rings. The number of nitrogens with one attached hydrogen (secondary N) is 2. The molecule has 6 heteroatoms. The van der Waals surface area contributed by atoms with Crippen molar-refractivity contribution in [2.75, 3.05) is 23.3 Å². The van der Waals surface area contributed by atoms with Crippen LogP contribution >= 0.6 is 0 Å². The summed E-state index contributed by atoms with van der Waals surface area (Å²) in [5.74, 6) is -1.69. The maximum atomic E-state index is 13.9. The third-order valence-corrected chi connectivity index (χ3v) is 5.21. The highest BCUT2D eigenvalue weighted by Crippen LogP contribution is 2.22. The van der Waals surface area contributed by atoms with Crippen LogP contribution in [0.15, 0.2) is 48.5 Å². The molecule has 29 heavy (non-hydrogen) atoms. The van der Waals surface area contributed by atoms with Crippen molar-refractivity contribution in [2.45, 2.75) is 39.2 Å². The van der Waals surface area contributed by atoms with Crippen molar-refractivity contribution in [1.29, 1.82) is 0 Å². The van der Waals surface area contributed by atoms with Crippen LogP contribution in [0, 0.1) is 11.7 Å². The molecule has 2 amide bonds. The van der Waals surface area contributed by atoms with E-state index in [4.69, 9.17) is 0 Å². The number of rotatable bonds is 6. The molecule has 3 rings (SSSR count). The molecule has 0 aromatic heterocycles. The van der Waals surface area contributed by atoms with E-state index in [9.17, 15) is 14.0 Å². The van der Waals surface area contributed by atoms with Gasteiger partial charge in [-0.25, -0.2) is 4.39 Å². The van der Waals surface area contributed by atoms with Crippen molar-refractivity contribution in [3.05, 3.63) is 59.9 Å². The number of amides is 2. The predicted molar refractivity (Wildman–Crippen MR) is 114 cm³/mol. The highest BCUT2D eigenvalue weighted by molar-refractivity contribution is 6.01. The molecule has 2 aromatic carbocycles. The first kappa shape index (κ1) is 20.8. The topological polar surface area (TPSA) is 61.4 Å². The largest absolute Gasteiger partial charge is 0.372 e. The molecule has 2 N–H and O–H groups in total. The summed E-state index contributed by atoms with van der Waals surface area (Å²) in [6.07, 6.45) is 3.69. The van der Waals surface area contributed by atoms with E-state index in [1.807, 2.05) is 38.1 Å². The van der Waals surface area contributed by atoms with Gasteiger partial charge in [0.1, 0.15) is 11.9 Å². The molecule has 1 saturated heterocycles. The number of halogens is 1. The lowest BCUT2D eigenvalue weighted by atomic mass is 10.0. The van der Waals surface area contributed by atoms with E-state index in [1.165, 1.54) is 37.5 Å². The second kappa shape index (κ2) is 9.54. The zero-order valence-electron chi connectivity index (χ0n) is 17.0. The first-order chi connectivity index (χ1) is 14.0. The summed E-state index contributed by atoms with van der Waals surface area (Å²) in [7, 11) is 0. The molecular weight excluding hydrogens is 369 g/mol. The molecule has 0 aliphatic carbocycles. The fourth-order valence-electron chi connectivity index (χ4n) is 3.53. The fourth-order valence-corrected chi connectivity index (χ4v) is 3.53. The smallest absolute Gasteiger partial charge is 0.254 e. The molecule has 1 atom stereocenters. The zero-order valence-corrected chi connectivity index (χ0v) is 17.0. The Morgan fingerprint density at radius 2 is 1.62 bits per heavy atom. The van der Waals surface area contributed by atoms with E-state index in [-0.39, 0.29) is 17.4 Å². The molecule has 1 aliphatic heterocycles. The second-order valence-electron chi connectivity index (χ2n) is 7.76. The van der Waals surface area contributed by atoms with Crippen LogP contribution in [-0.4, -0.2) is 30.9 Å². The zero-order chi connectivity index (χ0) is 20.8. The van der Waals surface area contributed by atoms with Crippen molar-refractivity contribution in [2.24, 2.45) is 5.92 Å². The van der Waals surface area contributed by atoms with Crippen LogP contribution in [0.1, 0.15) is 43.5 Å². The number of hydrogen-bond donors (Lipinski definition) is 2. The number of hydrogen-bond acceptors (Lipinski definition) is 3. The van der Waals surface area contributed by atoms with Crippen LogP contribution in [0.5, 0.6) is 0 Å². The molecule has 0 saturated carbocycles. The minimum atomic E-state index is -0.774. The Labute approximate surface area is 171 Å². The first-order valence-corrected chi connectivity index (χ1v) is 10.2. The van der Waals surface area contributed by atoms with Gasteiger partial charge in [0, 0.05) is 24.5 Å². The SMILES string of the molecule is CC(C)[C@H](NC(=O)c1ccccc1F)C(=O)Nc1ccc(N2CCCCC2)cc1. The number of carbonyl (C=O) groups excluding carboxylic acids is 2. The standard InChI is InChI=1S/C23H28FN3O2/c1-16(2)21(26-22(28)19-8-4-5-9-20(19)24)23(29)25-17-10-12-18(13-11-17)27-14-6-3-7-15-27/h4-5,8-13,16,21H,3,6-7,14-15H2,1-2H3,(H,25,29)(H,26,28)/t21-/m0/s1. The molecule has 154 valence electrons. The van der Waals surface area contributed by atoms with Gasteiger partial charge < -0.3 is 15.5 Å². The summed E-state index contributed by atoms with van der Waals surface area (Å²) in [5, 5.41) is 5.52. The van der Waals surface area contributed by atoms with E-state index in [0.29, 0.717) is 5.69 Å². The normalized spacial score (nSPS) is 15.1. The van der Waals surface area contributed by atoms with Gasteiger partial charge in [0.05, 0.1) is 5.56 Å². The molecule has 1 heterocycles. The highest BCUT2D eigenvalue weighted by Gasteiger charge is 2.25. The van der Waals surface area contributed by atoms with Crippen LogP contribution in [0.2, 0.25) is 0 Å². The third kappa shape index (κ3) is 5.34. The van der Waals surface area contributed by atoms with Crippen LogP contribution in [0.3, 0.4) is 0 Å². The quantitative estimate of drug-likeness (QED) is 0.768. The Kier molecular flexibility index (Phi) is 6.86. The van der Waals surface area contributed by atoms with E-state index < -0.39 is 17.8 Å². The van der Waals surface area contributed by atoms with Crippen molar-refractivity contribution in [1.82, 2.24) is 5.32 Å². The minimum absolute atomic E-state index is 0.0724. The lowest BCUT2D eigenvalue weighted by Gasteiger charge is -2.29. The monoisotopic (exact) mass is 397 g/mol. The van der Waals surface area contributed by atoms with Crippen LogP contribution < -0.4 is 15.5 Å². The summed E-state index contributed by atoms with van der Waals surface area (Å²) in [4.78, 5) is 27.5. The van der Waals surface area contributed by atoms with E-state index in [2.05, 4.69) is 15.5 Å². The van der Waals surface area contributed by atoms with E-state index >= 15 is 0 Å². The summed E-state index contributed by atoms with van der Waals surface area (Å²) < 4.78 is 13.9. The van der Waals surface area contributed by atoms with Crippen molar-refractivity contribution in [3.63, 3.8) is 0 Å². The van der Waals surface area contributed by atoms with Gasteiger partial charge in [-0.3, -0.25) is 9.59 Å². The predicted octanol–water partition coefficient (Wildman–Crippen LogP) is 4.21. The van der Waals surface area contributed by atoms with Crippen LogP contribution in [0.25, 0.3) is 0 Å². The molecule has 0 radical (unpaired) electrons. The molecule has 1 aliphatic rings. The Morgan fingerprint density at radius 1 is 0.966 bits per heavy atom. The Bertz CT molecular complexity index is 845. The third-order valence-electron chi connectivity index (χ3n) is 5.21.